The lowest BCUT2D eigenvalue weighted by Gasteiger charge is -2.38. The topological polar surface area (TPSA) is 0 Å². The highest BCUT2D eigenvalue weighted by Gasteiger charge is 2.39. The van der Waals surface area contributed by atoms with Crippen LogP contribution >= 0.6 is 18.5 Å². The van der Waals surface area contributed by atoms with Crippen LogP contribution in [0.15, 0.2) is 146 Å². The van der Waals surface area contributed by atoms with Gasteiger partial charge in [0.15, 0.2) is 0 Å². The molecule has 218 valence electrons. The van der Waals surface area contributed by atoms with Gasteiger partial charge in [0.25, 0.3) is 0 Å². The first-order valence-electron chi connectivity index (χ1n) is 15.3. The smallest absolute Gasteiger partial charge is 0.0602 e. The van der Waals surface area contributed by atoms with Gasteiger partial charge in [-0.2, -0.15) is 0 Å². The summed E-state index contributed by atoms with van der Waals surface area (Å²) in [5, 5.41) is -0.926. The summed E-state index contributed by atoms with van der Waals surface area (Å²) in [6.07, 6.45) is 0. The molecule has 0 bridgehead atoms. The van der Waals surface area contributed by atoms with Crippen LogP contribution in [0.5, 0.6) is 0 Å². The summed E-state index contributed by atoms with van der Waals surface area (Å²) >= 11 is 0. The van der Waals surface area contributed by atoms with Crippen LogP contribution in [0.3, 0.4) is 0 Å². The van der Waals surface area contributed by atoms with Crippen LogP contribution < -0.4 is 0 Å². The van der Waals surface area contributed by atoms with Gasteiger partial charge in [-0.1, -0.05) is 146 Å². The molecule has 0 spiro atoms. The Morgan fingerprint density at radius 1 is 0.295 bits per heavy atom. The molecule has 2 unspecified atom stereocenters. The molecule has 0 saturated carbocycles. The number of rotatable bonds is 7. The molecular weight excluding hydrogens is 566 g/mol. The monoisotopic (exact) mass is 606 g/mol. The fraction of sp³-hybridized carbons (Fsp3) is 0.143. The largest absolute Gasteiger partial charge is 0.117 e. The van der Waals surface area contributed by atoms with Gasteiger partial charge >= 0.3 is 0 Å². The van der Waals surface area contributed by atoms with Gasteiger partial charge in [-0.3, -0.25) is 0 Å². The Bertz CT molecular complexity index is 1720. The first kappa shape index (κ1) is 30.2. The van der Waals surface area contributed by atoms with Gasteiger partial charge in [0.05, 0.1) is 10.3 Å². The molecule has 6 aromatic rings. The maximum atomic E-state index is 3.31. The molecule has 0 aliphatic carbocycles. The third kappa shape index (κ3) is 5.06. The molecule has 0 amide bonds. The van der Waals surface area contributed by atoms with Crippen molar-refractivity contribution in [2.24, 2.45) is 0 Å². The molecule has 6 rings (SSSR count). The Balaban J connectivity index is 1.70. The zero-order valence-electron chi connectivity index (χ0n) is 26.0. The second-order valence-electron chi connectivity index (χ2n) is 12.0. The van der Waals surface area contributed by atoms with Gasteiger partial charge in [-0.25, -0.2) is 0 Å². The van der Waals surface area contributed by atoms with Gasteiger partial charge in [0, 0.05) is 0 Å². The molecule has 0 aliphatic heterocycles. The van der Waals surface area contributed by atoms with Crippen molar-refractivity contribution in [2.75, 3.05) is 0 Å². The van der Waals surface area contributed by atoms with Gasteiger partial charge in [-0.05, 0) is 94.5 Å². The Labute approximate surface area is 268 Å². The van der Waals surface area contributed by atoms with Crippen LogP contribution in [0.25, 0.3) is 11.1 Å². The molecule has 0 heterocycles. The zero-order valence-corrected chi connectivity index (χ0v) is 28.3. The Kier molecular flexibility index (Phi) is 8.44. The average molecular weight is 607 g/mol. The summed E-state index contributed by atoms with van der Waals surface area (Å²) in [5.41, 5.74) is 15.3. The lowest BCUT2D eigenvalue weighted by Crippen LogP contribution is -2.27. The second kappa shape index (κ2) is 12.3. The van der Waals surface area contributed by atoms with Gasteiger partial charge < -0.3 is 0 Å². The maximum Gasteiger partial charge on any atom is 0.0602 e. The minimum atomic E-state index is -0.463. The minimum absolute atomic E-state index is 0.463. The first-order chi connectivity index (χ1) is 21.3. The predicted molar refractivity (Wildman–Crippen MR) is 196 cm³/mol. The Morgan fingerprint density at radius 2 is 0.500 bits per heavy atom. The summed E-state index contributed by atoms with van der Waals surface area (Å²) in [4.78, 5) is 0. The lowest BCUT2D eigenvalue weighted by atomic mass is 9.74. The quantitative estimate of drug-likeness (QED) is 0.125. The maximum absolute atomic E-state index is 3.31. The van der Waals surface area contributed by atoms with E-state index in [0.29, 0.717) is 0 Å². The SMILES string of the molecule is Cc1ccccc1C(P)(c1ccccc1C)c1ccccc1-c1ccccc1C(P)(c1ccccc1C)c1ccccc1C. The van der Waals surface area contributed by atoms with Crippen LogP contribution in [-0.2, 0) is 10.3 Å². The van der Waals surface area contributed by atoms with E-state index in [1.54, 1.807) is 0 Å². The van der Waals surface area contributed by atoms with Crippen LogP contribution in [0.1, 0.15) is 55.6 Å². The van der Waals surface area contributed by atoms with Crippen molar-refractivity contribution in [3.05, 3.63) is 201 Å². The highest BCUT2D eigenvalue weighted by atomic mass is 31.0. The van der Waals surface area contributed by atoms with Gasteiger partial charge in [0.1, 0.15) is 0 Å². The highest BCUT2D eigenvalue weighted by molar-refractivity contribution is 7.19. The van der Waals surface area contributed by atoms with E-state index in [1.165, 1.54) is 66.8 Å². The summed E-state index contributed by atoms with van der Waals surface area (Å²) in [6.45, 7) is 8.92. The molecule has 0 N–H and O–H groups in total. The number of hydrogen-bond donors (Lipinski definition) is 0. The van der Waals surface area contributed by atoms with Crippen molar-refractivity contribution in [3.8, 4) is 11.1 Å². The molecule has 2 heteroatoms. The predicted octanol–water partition coefficient (Wildman–Crippen LogP) is 10.9. The van der Waals surface area contributed by atoms with E-state index in [2.05, 4.69) is 192 Å². The van der Waals surface area contributed by atoms with Crippen LogP contribution in [-0.4, -0.2) is 0 Å². The Morgan fingerprint density at radius 3 is 0.750 bits per heavy atom. The standard InChI is InChI=1S/C42H40P2/c1-29-17-5-11-23-35(29)41(43,36-24-12-6-18-30(36)2)39-27-15-9-21-33(39)34-22-10-16-28-40(34)42(44,37-25-13-7-19-31(37)3)38-26-14-8-20-32(38)4/h5-28H,43-44H2,1-4H3. The average Bonchev–Trinajstić information content (AvgIpc) is 3.05. The van der Waals surface area contributed by atoms with Crippen molar-refractivity contribution in [1.82, 2.24) is 0 Å². The fourth-order valence-corrected chi connectivity index (χ4v) is 8.85. The molecule has 0 nitrogen and oxygen atoms in total. The van der Waals surface area contributed by atoms with Crippen LogP contribution in [0.2, 0.25) is 0 Å². The van der Waals surface area contributed by atoms with E-state index in [-0.39, 0.29) is 0 Å². The molecule has 44 heavy (non-hydrogen) atoms. The zero-order chi connectivity index (χ0) is 30.9. The van der Waals surface area contributed by atoms with Crippen molar-refractivity contribution in [2.45, 2.75) is 38.0 Å². The van der Waals surface area contributed by atoms with E-state index in [0.717, 1.165) is 0 Å². The second-order valence-corrected chi connectivity index (χ2v) is 13.7. The summed E-state index contributed by atoms with van der Waals surface area (Å²) in [7, 11) is 6.63. The fourth-order valence-electron chi connectivity index (χ4n) is 7.06. The number of benzene rings is 6. The van der Waals surface area contributed by atoms with Crippen molar-refractivity contribution < 1.29 is 0 Å². The molecule has 0 fully saturated rings. The van der Waals surface area contributed by atoms with E-state index in [1.807, 2.05) is 0 Å². The number of hydrogen-bond acceptors (Lipinski definition) is 0. The van der Waals surface area contributed by atoms with E-state index >= 15 is 0 Å². The summed E-state index contributed by atoms with van der Waals surface area (Å²) in [5.74, 6) is 0. The van der Waals surface area contributed by atoms with Crippen LogP contribution in [0, 0.1) is 27.7 Å². The van der Waals surface area contributed by atoms with E-state index in [4.69, 9.17) is 0 Å². The molecule has 0 saturated heterocycles. The minimum Gasteiger partial charge on any atom is -0.117 e. The number of aryl methyl sites for hydroxylation is 4. The third-order valence-electron chi connectivity index (χ3n) is 9.27. The van der Waals surface area contributed by atoms with Crippen molar-refractivity contribution in [3.63, 3.8) is 0 Å². The molecule has 2 atom stereocenters. The van der Waals surface area contributed by atoms with E-state index in [9.17, 15) is 0 Å². The normalized spacial score (nSPS) is 11.9. The summed E-state index contributed by atoms with van der Waals surface area (Å²) in [6, 6.07) is 53.3. The Hall–Kier alpha value is -3.82. The third-order valence-corrected chi connectivity index (χ3v) is 11.1. The first-order valence-corrected chi connectivity index (χ1v) is 16.4. The molecule has 0 aliphatic rings. The van der Waals surface area contributed by atoms with Crippen molar-refractivity contribution >= 4 is 18.5 Å². The van der Waals surface area contributed by atoms with Gasteiger partial charge in [0.2, 0.25) is 0 Å². The van der Waals surface area contributed by atoms with Crippen LogP contribution in [0.4, 0.5) is 0 Å². The summed E-state index contributed by atoms with van der Waals surface area (Å²) < 4.78 is 0. The van der Waals surface area contributed by atoms with Gasteiger partial charge in [-0.15, -0.1) is 18.5 Å². The molecular formula is C42H40P2. The highest BCUT2D eigenvalue weighted by Crippen LogP contribution is 2.54. The van der Waals surface area contributed by atoms with E-state index < -0.39 is 10.3 Å². The lowest BCUT2D eigenvalue weighted by molar-refractivity contribution is 0.865. The van der Waals surface area contributed by atoms with Crippen molar-refractivity contribution in [1.29, 1.82) is 0 Å². The molecule has 6 aromatic carbocycles. The molecule has 0 radical (unpaired) electrons. The molecule has 0 aromatic heterocycles.